The summed E-state index contributed by atoms with van der Waals surface area (Å²) in [5.41, 5.74) is 3.17. The summed E-state index contributed by atoms with van der Waals surface area (Å²) >= 11 is 0. The van der Waals surface area contributed by atoms with Gasteiger partial charge in [0.25, 0.3) is 0 Å². The molecule has 28 heavy (non-hydrogen) atoms. The van der Waals surface area contributed by atoms with Crippen LogP contribution < -0.4 is 5.32 Å². The predicted octanol–water partition coefficient (Wildman–Crippen LogP) is 4.79. The highest BCUT2D eigenvalue weighted by molar-refractivity contribution is 5.92. The molecule has 2 rings (SSSR count). The van der Waals surface area contributed by atoms with Gasteiger partial charge >= 0.3 is 0 Å². The number of anilines is 1. The zero-order valence-electron chi connectivity index (χ0n) is 17.5. The molecule has 0 unspecified atom stereocenters. The summed E-state index contributed by atoms with van der Waals surface area (Å²) in [6.45, 7) is 9.05. The molecule has 0 aliphatic carbocycles. The third-order valence-electron chi connectivity index (χ3n) is 4.80. The van der Waals surface area contributed by atoms with Crippen molar-refractivity contribution in [3.63, 3.8) is 0 Å². The molecule has 0 radical (unpaired) electrons. The quantitative estimate of drug-likeness (QED) is 0.715. The van der Waals surface area contributed by atoms with Crippen LogP contribution >= 0.6 is 0 Å². The number of hydrogen-bond donors (Lipinski definition) is 1. The molecule has 2 aromatic carbocycles. The molecule has 4 nitrogen and oxygen atoms in total. The lowest BCUT2D eigenvalue weighted by Crippen LogP contribution is -2.33. The van der Waals surface area contributed by atoms with Crippen LogP contribution in [0, 0.1) is 0 Å². The molecule has 0 saturated heterocycles. The van der Waals surface area contributed by atoms with Gasteiger partial charge in [-0.25, -0.2) is 0 Å². The molecule has 0 aliphatic heterocycles. The van der Waals surface area contributed by atoms with Crippen molar-refractivity contribution in [3.8, 4) is 0 Å². The van der Waals surface area contributed by atoms with Gasteiger partial charge in [0.1, 0.15) is 0 Å². The minimum atomic E-state index is -0.0639. The second kappa shape index (κ2) is 10.1. The molecule has 2 aromatic rings. The summed E-state index contributed by atoms with van der Waals surface area (Å²) in [6, 6.07) is 18.1. The molecule has 150 valence electrons. The van der Waals surface area contributed by atoms with Gasteiger partial charge in [-0.15, -0.1) is 0 Å². The number of amides is 2. The topological polar surface area (TPSA) is 49.4 Å². The van der Waals surface area contributed by atoms with Gasteiger partial charge in [0.15, 0.2) is 0 Å². The van der Waals surface area contributed by atoms with Crippen LogP contribution in [0.25, 0.3) is 0 Å². The van der Waals surface area contributed by atoms with E-state index < -0.39 is 0 Å². The van der Waals surface area contributed by atoms with Gasteiger partial charge in [-0.3, -0.25) is 9.59 Å². The number of benzene rings is 2. The van der Waals surface area contributed by atoms with E-state index in [1.165, 1.54) is 5.56 Å². The molecular formula is C24H32N2O2. The van der Waals surface area contributed by atoms with Crippen LogP contribution in [-0.4, -0.2) is 29.8 Å². The summed E-state index contributed by atoms with van der Waals surface area (Å²) in [5, 5.41) is 3.02. The molecular weight excluding hydrogens is 348 g/mol. The van der Waals surface area contributed by atoms with Crippen LogP contribution in [-0.2, 0) is 21.4 Å². The van der Waals surface area contributed by atoms with E-state index in [9.17, 15) is 9.59 Å². The highest BCUT2D eigenvalue weighted by atomic mass is 16.2. The Morgan fingerprint density at radius 2 is 1.57 bits per heavy atom. The number of nitrogens with zero attached hydrogens (tertiary/aromatic N) is 1. The van der Waals surface area contributed by atoms with Gasteiger partial charge in [-0.2, -0.15) is 0 Å². The Morgan fingerprint density at radius 3 is 2.21 bits per heavy atom. The Kier molecular flexibility index (Phi) is 7.80. The molecule has 0 heterocycles. The molecule has 0 saturated carbocycles. The van der Waals surface area contributed by atoms with Crippen molar-refractivity contribution >= 4 is 17.5 Å². The van der Waals surface area contributed by atoms with Gasteiger partial charge in [-0.05, 0) is 35.4 Å². The fourth-order valence-corrected chi connectivity index (χ4v) is 3.24. The normalized spacial score (nSPS) is 11.1. The van der Waals surface area contributed by atoms with Gasteiger partial charge < -0.3 is 10.2 Å². The maximum absolute atomic E-state index is 12.5. The molecule has 4 heteroatoms. The Labute approximate surface area is 169 Å². The van der Waals surface area contributed by atoms with E-state index >= 15 is 0 Å². The van der Waals surface area contributed by atoms with E-state index in [1.54, 1.807) is 11.8 Å². The van der Waals surface area contributed by atoms with Gasteiger partial charge in [-0.1, -0.05) is 69.3 Å². The second-order valence-corrected chi connectivity index (χ2v) is 8.19. The van der Waals surface area contributed by atoms with E-state index in [-0.39, 0.29) is 17.2 Å². The minimum absolute atomic E-state index is 0.0101. The fourth-order valence-electron chi connectivity index (χ4n) is 3.24. The van der Waals surface area contributed by atoms with E-state index in [1.807, 2.05) is 42.5 Å². The first-order chi connectivity index (χ1) is 13.3. The van der Waals surface area contributed by atoms with Crippen molar-refractivity contribution < 1.29 is 9.59 Å². The molecule has 0 atom stereocenters. The number of carbonyl (C=O) groups is 2. The van der Waals surface area contributed by atoms with Crippen LogP contribution in [0.5, 0.6) is 0 Å². The number of carbonyl (C=O) groups excluding carboxylic acids is 2. The standard InChI is InChI=1S/C24H32N2O2/c1-19(27)26(17-10-13-20-11-6-5-7-12-20)18-16-23(28)25-22-15-9-8-14-21(22)24(2,3)4/h5-9,11-12,14-15H,10,13,16-18H2,1-4H3,(H,25,28). The van der Waals surface area contributed by atoms with Crippen LogP contribution in [0.15, 0.2) is 54.6 Å². The fraction of sp³-hybridized carbons (Fsp3) is 0.417. The minimum Gasteiger partial charge on any atom is -0.342 e. The number of rotatable bonds is 8. The predicted molar refractivity (Wildman–Crippen MR) is 115 cm³/mol. The lowest BCUT2D eigenvalue weighted by Gasteiger charge is -2.24. The molecule has 1 N–H and O–H groups in total. The summed E-state index contributed by atoms with van der Waals surface area (Å²) < 4.78 is 0. The first-order valence-electron chi connectivity index (χ1n) is 9.96. The van der Waals surface area contributed by atoms with Gasteiger partial charge in [0.2, 0.25) is 11.8 Å². The largest absolute Gasteiger partial charge is 0.342 e. The van der Waals surface area contributed by atoms with Crippen molar-refractivity contribution in [1.29, 1.82) is 0 Å². The molecule has 0 aromatic heterocycles. The number of nitrogens with one attached hydrogen (secondary N) is 1. The second-order valence-electron chi connectivity index (χ2n) is 8.19. The van der Waals surface area contributed by atoms with Crippen molar-refractivity contribution in [3.05, 3.63) is 65.7 Å². The van der Waals surface area contributed by atoms with Crippen molar-refractivity contribution in [1.82, 2.24) is 4.90 Å². The zero-order chi connectivity index (χ0) is 20.6. The van der Waals surface area contributed by atoms with Crippen molar-refractivity contribution in [2.75, 3.05) is 18.4 Å². The number of hydrogen-bond acceptors (Lipinski definition) is 2. The number of aryl methyl sites for hydroxylation is 1. The van der Waals surface area contributed by atoms with Gasteiger partial charge in [0.05, 0.1) is 0 Å². The Bertz CT molecular complexity index is 779. The maximum atomic E-state index is 12.5. The Morgan fingerprint density at radius 1 is 0.929 bits per heavy atom. The van der Waals surface area contributed by atoms with Crippen molar-refractivity contribution in [2.24, 2.45) is 0 Å². The van der Waals surface area contributed by atoms with E-state index in [0.717, 1.165) is 24.1 Å². The van der Waals surface area contributed by atoms with Crippen LogP contribution in [0.2, 0.25) is 0 Å². The van der Waals surface area contributed by atoms with Gasteiger partial charge in [0, 0.05) is 32.1 Å². The van der Waals surface area contributed by atoms with E-state index in [0.29, 0.717) is 19.5 Å². The summed E-state index contributed by atoms with van der Waals surface area (Å²) in [5.74, 6) is -0.0537. The molecule has 2 amide bonds. The van der Waals surface area contributed by atoms with Crippen LogP contribution in [0.4, 0.5) is 5.69 Å². The van der Waals surface area contributed by atoms with Crippen molar-refractivity contribution in [2.45, 2.75) is 52.4 Å². The summed E-state index contributed by atoms with van der Waals surface area (Å²) in [4.78, 5) is 26.2. The Balaban J connectivity index is 1.86. The highest BCUT2D eigenvalue weighted by Gasteiger charge is 2.19. The van der Waals surface area contributed by atoms with E-state index in [4.69, 9.17) is 0 Å². The molecule has 0 bridgehead atoms. The lowest BCUT2D eigenvalue weighted by atomic mass is 9.86. The summed E-state index contributed by atoms with van der Waals surface area (Å²) in [6.07, 6.45) is 2.11. The lowest BCUT2D eigenvalue weighted by molar-refractivity contribution is -0.129. The molecule has 0 spiro atoms. The van der Waals surface area contributed by atoms with E-state index in [2.05, 4.69) is 38.2 Å². The molecule has 0 fully saturated rings. The first kappa shape index (κ1) is 21.7. The third kappa shape index (κ3) is 6.84. The van der Waals surface area contributed by atoms with Crippen LogP contribution in [0.1, 0.15) is 51.7 Å². The third-order valence-corrected chi connectivity index (χ3v) is 4.80. The van der Waals surface area contributed by atoms with Crippen LogP contribution in [0.3, 0.4) is 0 Å². The SMILES string of the molecule is CC(=O)N(CCCc1ccccc1)CCC(=O)Nc1ccccc1C(C)(C)C. The zero-order valence-corrected chi connectivity index (χ0v) is 17.5. The first-order valence-corrected chi connectivity index (χ1v) is 9.96. The average molecular weight is 381 g/mol. The number of para-hydroxylation sites is 1. The highest BCUT2D eigenvalue weighted by Crippen LogP contribution is 2.29. The maximum Gasteiger partial charge on any atom is 0.226 e. The smallest absolute Gasteiger partial charge is 0.226 e. The average Bonchev–Trinajstić information content (AvgIpc) is 2.64. The molecule has 0 aliphatic rings. The Hall–Kier alpha value is -2.62. The monoisotopic (exact) mass is 380 g/mol. The summed E-state index contributed by atoms with van der Waals surface area (Å²) in [7, 11) is 0.